The summed E-state index contributed by atoms with van der Waals surface area (Å²) in [6.45, 7) is 8.45. The molecule has 0 bridgehead atoms. The molecule has 0 heterocycles. The average molecular weight is 446 g/mol. The summed E-state index contributed by atoms with van der Waals surface area (Å²) >= 11 is 0. The molecule has 0 fully saturated rings. The zero-order valence-corrected chi connectivity index (χ0v) is 19.4. The molecule has 32 heavy (non-hydrogen) atoms. The van der Waals surface area contributed by atoms with Gasteiger partial charge in [0.1, 0.15) is 23.1 Å². The van der Waals surface area contributed by atoms with Crippen LogP contribution in [-0.2, 0) is 0 Å². The number of halogens is 1. The lowest BCUT2D eigenvalue weighted by Crippen LogP contribution is -2.19. The highest BCUT2D eigenvalue weighted by molar-refractivity contribution is 5.99. The van der Waals surface area contributed by atoms with Crippen LogP contribution in [0.5, 0.6) is 17.2 Å². The van der Waals surface area contributed by atoms with Crippen LogP contribution in [0.4, 0.5) is 4.39 Å². The maximum Gasteiger partial charge on any atom is 0.254 e. The highest BCUT2D eigenvalue weighted by atomic mass is 19.1. The van der Waals surface area contributed by atoms with E-state index in [9.17, 15) is 19.1 Å². The Balaban J connectivity index is 1.83. The first kappa shape index (κ1) is 25.2. The summed E-state index contributed by atoms with van der Waals surface area (Å²) in [5, 5.41) is 12.8. The van der Waals surface area contributed by atoms with E-state index in [-0.39, 0.29) is 22.5 Å². The molecule has 0 saturated heterocycles. The molecule has 0 aliphatic carbocycles. The van der Waals surface area contributed by atoms with Crippen LogP contribution in [0.1, 0.15) is 66.3 Å². The third kappa shape index (κ3) is 6.97. The predicted octanol–water partition coefficient (Wildman–Crippen LogP) is 5.06. The molecule has 0 aliphatic heterocycles. The van der Waals surface area contributed by atoms with Gasteiger partial charge in [-0.05, 0) is 55.5 Å². The fourth-order valence-corrected chi connectivity index (χ4v) is 3.12. The van der Waals surface area contributed by atoms with Gasteiger partial charge in [0.15, 0.2) is 5.78 Å². The number of phenols is 1. The Morgan fingerprint density at radius 3 is 2.31 bits per heavy atom. The first-order chi connectivity index (χ1) is 15.0. The molecule has 1 amide bonds. The molecule has 7 heteroatoms. The molecule has 2 aromatic carbocycles. The van der Waals surface area contributed by atoms with Crippen LogP contribution >= 0.6 is 0 Å². The van der Waals surface area contributed by atoms with Crippen LogP contribution < -0.4 is 14.8 Å². The van der Waals surface area contributed by atoms with Crippen molar-refractivity contribution in [3.8, 4) is 17.2 Å². The number of nitrogens with one attached hydrogen (secondary N) is 1. The lowest BCUT2D eigenvalue weighted by molar-refractivity contribution is 0.0934. The zero-order chi connectivity index (χ0) is 23.9. The van der Waals surface area contributed by atoms with E-state index in [0.717, 1.165) is 0 Å². The Morgan fingerprint density at radius 2 is 1.69 bits per heavy atom. The van der Waals surface area contributed by atoms with Gasteiger partial charge in [0.05, 0.1) is 24.3 Å². The van der Waals surface area contributed by atoms with E-state index in [2.05, 4.69) is 5.32 Å². The molecular formula is C25H32FNO5. The summed E-state index contributed by atoms with van der Waals surface area (Å²) in [6.07, 6.45) is 1.72. The van der Waals surface area contributed by atoms with Crippen LogP contribution in [0.3, 0.4) is 0 Å². The van der Waals surface area contributed by atoms with E-state index in [4.69, 9.17) is 9.47 Å². The molecule has 0 atom stereocenters. The van der Waals surface area contributed by atoms with Crippen LogP contribution in [0, 0.1) is 18.2 Å². The van der Waals surface area contributed by atoms with E-state index in [1.807, 2.05) is 20.8 Å². The topological polar surface area (TPSA) is 84.9 Å². The SMILES string of the molecule is CNC(=O)c1cc(OCCCCOc2ccc(C(=O)CC(C)(C)C)c(O)c2C)ccc1F. The number of Topliss-reactive ketones (excluding diaryl/α,β-unsaturated/α-hetero) is 1. The molecule has 0 aliphatic rings. The quantitative estimate of drug-likeness (QED) is 0.395. The monoisotopic (exact) mass is 445 g/mol. The number of rotatable bonds is 10. The lowest BCUT2D eigenvalue weighted by Gasteiger charge is -2.18. The number of amides is 1. The standard InChI is InChI=1S/C25H32FNO5/c1-16-22(11-9-18(23(16)29)21(28)15-25(2,3)4)32-13-7-6-12-31-17-8-10-20(26)19(14-17)24(30)27-5/h8-11,14,29H,6-7,12-13,15H2,1-5H3,(H,27,30). The van der Waals surface area contributed by atoms with Crippen LogP contribution in [0.2, 0.25) is 0 Å². The van der Waals surface area contributed by atoms with Crippen molar-refractivity contribution in [1.29, 1.82) is 0 Å². The van der Waals surface area contributed by atoms with Crippen molar-refractivity contribution in [2.24, 2.45) is 5.41 Å². The van der Waals surface area contributed by atoms with Gasteiger partial charge in [0, 0.05) is 19.0 Å². The minimum Gasteiger partial charge on any atom is -0.507 e. The predicted molar refractivity (Wildman–Crippen MR) is 121 cm³/mol. The third-order valence-electron chi connectivity index (χ3n) is 4.85. The molecule has 2 N–H and O–H groups in total. The molecule has 2 rings (SSSR count). The summed E-state index contributed by atoms with van der Waals surface area (Å²) in [5.74, 6) is -0.293. The molecular weight excluding hydrogens is 413 g/mol. The number of hydrogen-bond donors (Lipinski definition) is 2. The van der Waals surface area contributed by atoms with Crippen molar-refractivity contribution >= 4 is 11.7 Å². The smallest absolute Gasteiger partial charge is 0.254 e. The minimum atomic E-state index is -0.602. The van der Waals surface area contributed by atoms with Crippen molar-refractivity contribution in [2.75, 3.05) is 20.3 Å². The Morgan fingerprint density at radius 1 is 1.03 bits per heavy atom. The van der Waals surface area contributed by atoms with Gasteiger partial charge >= 0.3 is 0 Å². The summed E-state index contributed by atoms with van der Waals surface area (Å²) in [6, 6.07) is 7.37. The Labute approximate surface area is 188 Å². The van der Waals surface area contributed by atoms with Gasteiger partial charge < -0.3 is 19.9 Å². The molecule has 0 spiro atoms. The Bertz CT molecular complexity index is 966. The highest BCUT2D eigenvalue weighted by Gasteiger charge is 2.21. The van der Waals surface area contributed by atoms with E-state index in [1.54, 1.807) is 19.1 Å². The summed E-state index contributed by atoms with van der Waals surface area (Å²) < 4.78 is 25.0. The van der Waals surface area contributed by atoms with Crippen molar-refractivity contribution in [2.45, 2.75) is 47.0 Å². The molecule has 0 aromatic heterocycles. The molecule has 2 aromatic rings. The molecule has 6 nitrogen and oxygen atoms in total. The van der Waals surface area contributed by atoms with Crippen LogP contribution in [-0.4, -0.2) is 37.1 Å². The van der Waals surface area contributed by atoms with Gasteiger partial charge in [-0.1, -0.05) is 20.8 Å². The number of carbonyl (C=O) groups excluding carboxylic acids is 2. The number of phenolic OH excluding ortho intramolecular Hbond substituents is 1. The highest BCUT2D eigenvalue weighted by Crippen LogP contribution is 2.33. The lowest BCUT2D eigenvalue weighted by atomic mass is 9.87. The van der Waals surface area contributed by atoms with E-state index >= 15 is 0 Å². The number of hydrogen-bond acceptors (Lipinski definition) is 5. The number of aromatic hydroxyl groups is 1. The number of ether oxygens (including phenoxy) is 2. The largest absolute Gasteiger partial charge is 0.507 e. The maximum absolute atomic E-state index is 13.7. The number of benzene rings is 2. The zero-order valence-electron chi connectivity index (χ0n) is 19.4. The van der Waals surface area contributed by atoms with Gasteiger partial charge in [0.25, 0.3) is 5.91 Å². The van der Waals surface area contributed by atoms with Gasteiger partial charge in [-0.3, -0.25) is 9.59 Å². The van der Waals surface area contributed by atoms with Gasteiger partial charge in [-0.25, -0.2) is 4.39 Å². The second-order valence-electron chi connectivity index (χ2n) is 8.87. The summed E-state index contributed by atoms with van der Waals surface area (Å²) in [7, 11) is 1.44. The maximum atomic E-state index is 13.7. The van der Waals surface area contributed by atoms with E-state index in [1.165, 1.54) is 25.2 Å². The van der Waals surface area contributed by atoms with Crippen molar-refractivity contribution < 1.29 is 28.6 Å². The number of carbonyl (C=O) groups is 2. The third-order valence-corrected chi connectivity index (χ3v) is 4.85. The molecule has 0 radical (unpaired) electrons. The summed E-state index contributed by atoms with van der Waals surface area (Å²) in [4.78, 5) is 24.1. The van der Waals surface area contributed by atoms with Crippen LogP contribution in [0.25, 0.3) is 0 Å². The average Bonchev–Trinajstić information content (AvgIpc) is 2.72. The number of ketones is 1. The minimum absolute atomic E-state index is 0.0386. The fourth-order valence-electron chi connectivity index (χ4n) is 3.12. The molecule has 0 saturated carbocycles. The van der Waals surface area contributed by atoms with Crippen molar-refractivity contribution in [3.05, 3.63) is 52.8 Å². The Hall–Kier alpha value is -3.09. The van der Waals surface area contributed by atoms with Crippen molar-refractivity contribution in [3.63, 3.8) is 0 Å². The number of unbranched alkanes of at least 4 members (excludes halogenated alkanes) is 1. The first-order valence-electron chi connectivity index (χ1n) is 10.7. The normalized spacial score (nSPS) is 11.2. The van der Waals surface area contributed by atoms with Gasteiger partial charge in [-0.2, -0.15) is 0 Å². The Kier molecular flexibility index (Phi) is 8.63. The second kappa shape index (κ2) is 11.0. The first-order valence-corrected chi connectivity index (χ1v) is 10.7. The molecule has 174 valence electrons. The van der Waals surface area contributed by atoms with Gasteiger partial charge in [-0.15, -0.1) is 0 Å². The van der Waals surface area contributed by atoms with E-state index in [0.29, 0.717) is 55.1 Å². The summed E-state index contributed by atoms with van der Waals surface area (Å²) in [5.41, 5.74) is 0.628. The van der Waals surface area contributed by atoms with Crippen LogP contribution in [0.15, 0.2) is 30.3 Å². The second-order valence-corrected chi connectivity index (χ2v) is 8.87. The van der Waals surface area contributed by atoms with Gasteiger partial charge in [0.2, 0.25) is 0 Å². The van der Waals surface area contributed by atoms with E-state index < -0.39 is 11.7 Å². The van der Waals surface area contributed by atoms with Crippen molar-refractivity contribution in [1.82, 2.24) is 5.32 Å². The fraction of sp³-hybridized carbons (Fsp3) is 0.440. The molecule has 0 unspecified atom stereocenters.